The summed E-state index contributed by atoms with van der Waals surface area (Å²) in [4.78, 5) is 14.4. The first-order valence-electron chi connectivity index (χ1n) is 10.0. The minimum atomic E-state index is -0.346. The summed E-state index contributed by atoms with van der Waals surface area (Å²) in [6, 6.07) is 3.64. The Balaban J connectivity index is 1.65. The maximum Gasteiger partial charge on any atom is 0.256 e. The maximum atomic E-state index is 13.0. The number of aromatic hydroxyl groups is 1. The fourth-order valence-corrected chi connectivity index (χ4v) is 6.32. The summed E-state index contributed by atoms with van der Waals surface area (Å²) in [6.45, 7) is 6.98. The molecule has 0 saturated heterocycles. The van der Waals surface area contributed by atoms with Gasteiger partial charge in [0.25, 0.3) is 5.91 Å². The number of halogens is 1. The maximum absolute atomic E-state index is 13.0. The summed E-state index contributed by atoms with van der Waals surface area (Å²) < 4.78 is 5.97. The van der Waals surface area contributed by atoms with Crippen LogP contribution in [0, 0.1) is 14.9 Å². The third-order valence-electron chi connectivity index (χ3n) is 6.66. The molecular weight excluding hydrogens is 499 g/mol. The van der Waals surface area contributed by atoms with E-state index in [1.165, 1.54) is 24.0 Å². The molecule has 3 N–H and O–H groups in total. The number of fused-ring (bicyclic) bond motifs is 3. The van der Waals surface area contributed by atoms with Gasteiger partial charge in [-0.3, -0.25) is 4.79 Å². The number of benzene rings is 1. The normalized spacial score (nSPS) is 21.1. The SMILES string of the molecule is CCC(C)(C)[C@@H]1CCc2c(sc3c2C(=O)N[C@@H](c2cc(I)c(O)c(OC)c2)N3)C1. The Morgan fingerprint density at radius 3 is 2.79 bits per heavy atom. The van der Waals surface area contributed by atoms with E-state index in [-0.39, 0.29) is 17.8 Å². The van der Waals surface area contributed by atoms with Gasteiger partial charge in [-0.15, -0.1) is 11.3 Å². The first-order chi connectivity index (χ1) is 13.7. The monoisotopic (exact) mass is 526 g/mol. The predicted molar refractivity (Wildman–Crippen MR) is 125 cm³/mol. The molecule has 0 bridgehead atoms. The molecule has 0 unspecified atom stereocenters. The average molecular weight is 526 g/mol. The van der Waals surface area contributed by atoms with Gasteiger partial charge in [0.1, 0.15) is 11.2 Å². The van der Waals surface area contributed by atoms with E-state index in [4.69, 9.17) is 4.74 Å². The van der Waals surface area contributed by atoms with Crippen LogP contribution in [0.4, 0.5) is 5.00 Å². The molecule has 29 heavy (non-hydrogen) atoms. The highest BCUT2D eigenvalue weighted by atomic mass is 127. The number of carbonyl (C=O) groups is 1. The lowest BCUT2D eigenvalue weighted by Crippen LogP contribution is -2.38. The highest BCUT2D eigenvalue weighted by molar-refractivity contribution is 14.1. The van der Waals surface area contributed by atoms with Crippen LogP contribution in [0.2, 0.25) is 0 Å². The summed E-state index contributed by atoms with van der Waals surface area (Å²) in [5.74, 6) is 1.16. The van der Waals surface area contributed by atoms with E-state index in [1.807, 2.05) is 6.07 Å². The number of anilines is 1. The molecule has 2 aromatic rings. The van der Waals surface area contributed by atoms with Gasteiger partial charge in [0.2, 0.25) is 0 Å². The van der Waals surface area contributed by atoms with Crippen molar-refractivity contribution in [3.8, 4) is 11.5 Å². The van der Waals surface area contributed by atoms with Crippen molar-refractivity contribution in [1.29, 1.82) is 0 Å². The van der Waals surface area contributed by atoms with Crippen molar-refractivity contribution in [2.24, 2.45) is 11.3 Å². The number of hydrogen-bond acceptors (Lipinski definition) is 5. The van der Waals surface area contributed by atoms with Crippen LogP contribution in [-0.4, -0.2) is 18.1 Å². The van der Waals surface area contributed by atoms with Crippen LogP contribution in [-0.2, 0) is 12.8 Å². The van der Waals surface area contributed by atoms with Gasteiger partial charge in [0, 0.05) is 4.88 Å². The molecule has 156 valence electrons. The van der Waals surface area contributed by atoms with Crippen molar-refractivity contribution >= 4 is 44.8 Å². The Hall–Kier alpha value is -1.48. The zero-order valence-corrected chi connectivity index (χ0v) is 20.2. The molecular formula is C22H27IN2O3S. The van der Waals surface area contributed by atoms with Crippen LogP contribution in [0.15, 0.2) is 12.1 Å². The number of thiophene rings is 1. The molecule has 0 spiro atoms. The zero-order chi connectivity index (χ0) is 20.9. The molecule has 4 rings (SSSR count). The molecule has 5 nitrogen and oxygen atoms in total. The molecule has 2 heterocycles. The first kappa shape index (κ1) is 20.8. The highest BCUT2D eigenvalue weighted by Gasteiger charge is 2.37. The third-order valence-corrected chi connectivity index (χ3v) is 8.67. The minimum Gasteiger partial charge on any atom is -0.504 e. The molecule has 0 fully saturated rings. The van der Waals surface area contributed by atoms with E-state index in [0.717, 1.165) is 35.4 Å². The number of methoxy groups -OCH3 is 1. The van der Waals surface area contributed by atoms with Crippen LogP contribution in [0.1, 0.15) is 66.1 Å². The summed E-state index contributed by atoms with van der Waals surface area (Å²) in [5.41, 5.74) is 3.24. The van der Waals surface area contributed by atoms with E-state index in [1.54, 1.807) is 17.4 Å². The molecule has 7 heteroatoms. The third kappa shape index (κ3) is 3.60. The van der Waals surface area contributed by atoms with Crippen molar-refractivity contribution in [2.45, 2.75) is 52.6 Å². The van der Waals surface area contributed by atoms with E-state index < -0.39 is 0 Å². The van der Waals surface area contributed by atoms with Gasteiger partial charge in [-0.1, -0.05) is 27.2 Å². The van der Waals surface area contributed by atoms with Gasteiger partial charge in [-0.05, 0) is 76.4 Å². The second-order valence-corrected chi connectivity index (χ2v) is 10.9. The summed E-state index contributed by atoms with van der Waals surface area (Å²) in [7, 11) is 1.53. The van der Waals surface area contributed by atoms with E-state index >= 15 is 0 Å². The van der Waals surface area contributed by atoms with Gasteiger partial charge in [0.15, 0.2) is 11.5 Å². The summed E-state index contributed by atoms with van der Waals surface area (Å²) in [6.07, 6.45) is 3.99. The number of rotatable bonds is 4. The molecule has 1 aromatic carbocycles. The van der Waals surface area contributed by atoms with E-state index in [0.29, 0.717) is 20.7 Å². The van der Waals surface area contributed by atoms with Crippen molar-refractivity contribution in [2.75, 3.05) is 12.4 Å². The second-order valence-electron chi connectivity index (χ2n) is 8.59. The van der Waals surface area contributed by atoms with Crippen molar-refractivity contribution in [3.63, 3.8) is 0 Å². The lowest BCUT2D eigenvalue weighted by atomic mass is 9.69. The van der Waals surface area contributed by atoms with Crippen LogP contribution in [0.3, 0.4) is 0 Å². The van der Waals surface area contributed by atoms with E-state index in [2.05, 4.69) is 54.0 Å². The fraction of sp³-hybridized carbons (Fsp3) is 0.500. The molecule has 0 radical (unpaired) electrons. The van der Waals surface area contributed by atoms with Crippen LogP contribution >= 0.6 is 33.9 Å². The molecule has 1 aliphatic carbocycles. The van der Waals surface area contributed by atoms with Crippen LogP contribution < -0.4 is 15.4 Å². The number of phenolic OH excluding ortho intramolecular Hbond substituents is 1. The Labute approximate surface area is 189 Å². The summed E-state index contributed by atoms with van der Waals surface area (Å²) in [5, 5.41) is 17.7. The Kier molecular flexibility index (Phi) is 5.48. The number of amides is 1. The Morgan fingerprint density at radius 2 is 2.10 bits per heavy atom. The lowest BCUT2D eigenvalue weighted by Gasteiger charge is -2.36. The number of phenols is 1. The smallest absolute Gasteiger partial charge is 0.256 e. The topological polar surface area (TPSA) is 70.6 Å². The van der Waals surface area contributed by atoms with Crippen molar-refractivity contribution < 1.29 is 14.6 Å². The number of nitrogens with one attached hydrogen (secondary N) is 2. The molecule has 2 aliphatic rings. The predicted octanol–water partition coefficient (Wildman–Crippen LogP) is 5.46. The first-order valence-corrected chi connectivity index (χ1v) is 11.9. The number of ether oxygens (including phenoxy) is 1. The Morgan fingerprint density at radius 1 is 1.34 bits per heavy atom. The quantitative estimate of drug-likeness (QED) is 0.463. The van der Waals surface area contributed by atoms with Crippen molar-refractivity contribution in [1.82, 2.24) is 5.32 Å². The highest BCUT2D eigenvalue weighted by Crippen LogP contribution is 2.47. The standard InChI is InChI=1S/C22H27IN2O3S/c1-5-22(2,3)12-6-7-13-16(10-12)29-21-17(13)20(27)24-19(25-21)11-8-14(23)18(26)15(9-11)28-4/h8-9,12,19,25-26H,5-7,10H2,1-4H3,(H,24,27)/t12-,19-/m1/s1. The fourth-order valence-electron chi connectivity index (χ4n) is 4.34. The van der Waals surface area contributed by atoms with Gasteiger partial charge in [-0.2, -0.15) is 0 Å². The second kappa shape index (κ2) is 7.65. The van der Waals surface area contributed by atoms with E-state index in [9.17, 15) is 9.90 Å². The molecule has 1 aromatic heterocycles. The largest absolute Gasteiger partial charge is 0.504 e. The number of hydrogen-bond donors (Lipinski definition) is 3. The van der Waals surface area contributed by atoms with Gasteiger partial charge < -0.3 is 20.5 Å². The van der Waals surface area contributed by atoms with Gasteiger partial charge in [0.05, 0.1) is 16.2 Å². The molecule has 2 atom stereocenters. The minimum absolute atomic E-state index is 0.0171. The summed E-state index contributed by atoms with van der Waals surface area (Å²) >= 11 is 3.81. The number of carbonyl (C=O) groups excluding carboxylic acids is 1. The van der Waals surface area contributed by atoms with Crippen LogP contribution in [0.5, 0.6) is 11.5 Å². The van der Waals surface area contributed by atoms with Gasteiger partial charge in [-0.25, -0.2) is 0 Å². The lowest BCUT2D eigenvalue weighted by molar-refractivity contribution is 0.0934. The molecule has 1 amide bonds. The van der Waals surface area contributed by atoms with Gasteiger partial charge >= 0.3 is 0 Å². The average Bonchev–Trinajstić information content (AvgIpc) is 3.07. The Bertz CT molecular complexity index is 969. The molecule has 0 saturated carbocycles. The van der Waals surface area contributed by atoms with Crippen molar-refractivity contribution in [3.05, 3.63) is 37.3 Å². The van der Waals surface area contributed by atoms with Crippen LogP contribution in [0.25, 0.3) is 0 Å². The zero-order valence-electron chi connectivity index (χ0n) is 17.2. The molecule has 1 aliphatic heterocycles.